The van der Waals surface area contributed by atoms with Crippen molar-refractivity contribution >= 4 is 5.91 Å². The molecule has 0 aliphatic heterocycles. The highest BCUT2D eigenvalue weighted by Crippen LogP contribution is 2.31. The summed E-state index contributed by atoms with van der Waals surface area (Å²) in [4.78, 5) is 14.2. The molecule has 1 rings (SSSR count). The predicted molar refractivity (Wildman–Crippen MR) is 99.6 cm³/mol. The minimum absolute atomic E-state index is 0.357. The van der Waals surface area contributed by atoms with Crippen molar-refractivity contribution < 1.29 is 4.79 Å². The van der Waals surface area contributed by atoms with Crippen LogP contribution in [0.15, 0.2) is 12.2 Å². The van der Waals surface area contributed by atoms with E-state index in [1.54, 1.807) is 0 Å². The molecule has 0 spiro atoms. The Morgan fingerprint density at radius 3 is 2.57 bits per heavy atom. The van der Waals surface area contributed by atoms with Crippen molar-refractivity contribution in [1.82, 2.24) is 10.2 Å². The van der Waals surface area contributed by atoms with Gasteiger partial charge in [-0.25, -0.2) is 0 Å². The van der Waals surface area contributed by atoms with Crippen LogP contribution in [0.1, 0.15) is 78.1 Å². The Bertz CT molecular complexity index is 341. The van der Waals surface area contributed by atoms with Crippen LogP contribution in [0.2, 0.25) is 0 Å². The maximum Gasteiger partial charge on any atom is 0.222 e. The second kappa shape index (κ2) is 12.6. The Labute approximate surface area is 143 Å². The van der Waals surface area contributed by atoms with Crippen molar-refractivity contribution in [2.45, 2.75) is 84.1 Å². The molecule has 0 radical (unpaired) electrons. The smallest absolute Gasteiger partial charge is 0.222 e. The van der Waals surface area contributed by atoms with Gasteiger partial charge in [-0.2, -0.15) is 0 Å². The SMILES string of the molecule is CCCCCN(CC)C(=O)CCCCCC/C=C\[C@@H]1CC1NC. The molecule has 0 heterocycles. The summed E-state index contributed by atoms with van der Waals surface area (Å²) in [6.07, 6.45) is 16.3. The first kappa shape index (κ1) is 20.2. The van der Waals surface area contributed by atoms with E-state index in [0.717, 1.165) is 44.3 Å². The second-order valence-corrected chi connectivity index (χ2v) is 6.86. The molecule has 134 valence electrons. The van der Waals surface area contributed by atoms with Gasteiger partial charge in [-0.3, -0.25) is 4.79 Å². The molecular weight excluding hydrogens is 284 g/mol. The molecule has 2 atom stereocenters. The summed E-state index contributed by atoms with van der Waals surface area (Å²) < 4.78 is 0. The third-order valence-electron chi connectivity index (χ3n) is 4.87. The summed E-state index contributed by atoms with van der Waals surface area (Å²) in [5.74, 6) is 1.14. The highest BCUT2D eigenvalue weighted by molar-refractivity contribution is 5.76. The summed E-state index contributed by atoms with van der Waals surface area (Å²) in [6.45, 7) is 6.11. The van der Waals surface area contributed by atoms with E-state index in [-0.39, 0.29) is 0 Å². The number of unbranched alkanes of at least 4 members (excludes halogenated alkanes) is 6. The first-order valence-corrected chi connectivity index (χ1v) is 9.84. The number of hydrogen-bond donors (Lipinski definition) is 1. The number of hydrogen-bond acceptors (Lipinski definition) is 2. The largest absolute Gasteiger partial charge is 0.343 e. The van der Waals surface area contributed by atoms with Crippen molar-refractivity contribution in [2.24, 2.45) is 5.92 Å². The van der Waals surface area contributed by atoms with Crippen LogP contribution in [-0.2, 0) is 4.79 Å². The third kappa shape index (κ3) is 9.14. The van der Waals surface area contributed by atoms with Gasteiger partial charge >= 0.3 is 0 Å². The van der Waals surface area contributed by atoms with Crippen molar-refractivity contribution in [3.63, 3.8) is 0 Å². The average Bonchev–Trinajstić information content (AvgIpc) is 3.32. The third-order valence-corrected chi connectivity index (χ3v) is 4.87. The lowest BCUT2D eigenvalue weighted by atomic mass is 10.1. The van der Waals surface area contributed by atoms with E-state index in [4.69, 9.17) is 0 Å². The molecule has 23 heavy (non-hydrogen) atoms. The molecule has 0 saturated heterocycles. The molecule has 3 heteroatoms. The molecule has 3 nitrogen and oxygen atoms in total. The summed E-state index contributed by atoms with van der Waals surface area (Å²) in [6, 6.07) is 0.733. The zero-order valence-electron chi connectivity index (χ0n) is 15.7. The summed E-state index contributed by atoms with van der Waals surface area (Å²) in [7, 11) is 2.04. The maximum absolute atomic E-state index is 12.2. The molecule has 1 aliphatic carbocycles. The fourth-order valence-electron chi connectivity index (χ4n) is 3.09. The van der Waals surface area contributed by atoms with E-state index in [2.05, 4.69) is 31.3 Å². The maximum atomic E-state index is 12.2. The summed E-state index contributed by atoms with van der Waals surface area (Å²) in [5, 5.41) is 3.31. The van der Waals surface area contributed by atoms with E-state index < -0.39 is 0 Å². The van der Waals surface area contributed by atoms with Gasteiger partial charge < -0.3 is 10.2 Å². The Morgan fingerprint density at radius 2 is 1.91 bits per heavy atom. The number of rotatable bonds is 14. The van der Waals surface area contributed by atoms with Gasteiger partial charge in [0.15, 0.2) is 0 Å². The molecule has 1 N–H and O–H groups in total. The van der Waals surface area contributed by atoms with E-state index in [9.17, 15) is 4.79 Å². The Balaban J connectivity index is 1.95. The van der Waals surface area contributed by atoms with Crippen LogP contribution in [0.25, 0.3) is 0 Å². The first-order valence-electron chi connectivity index (χ1n) is 9.84. The average molecular weight is 323 g/mol. The number of amides is 1. The lowest BCUT2D eigenvalue weighted by Gasteiger charge is -2.20. The van der Waals surface area contributed by atoms with Gasteiger partial charge in [-0.15, -0.1) is 0 Å². The quantitative estimate of drug-likeness (QED) is 0.376. The molecule has 1 aliphatic rings. The highest BCUT2D eigenvalue weighted by atomic mass is 16.2. The van der Waals surface area contributed by atoms with Gasteiger partial charge in [-0.1, -0.05) is 44.8 Å². The number of allylic oxidation sites excluding steroid dienone is 1. The molecule has 0 bridgehead atoms. The van der Waals surface area contributed by atoms with Gasteiger partial charge in [0, 0.05) is 25.6 Å². The van der Waals surface area contributed by atoms with Gasteiger partial charge in [0.05, 0.1) is 0 Å². The molecule has 0 aromatic heterocycles. The Hall–Kier alpha value is -0.830. The summed E-state index contributed by atoms with van der Waals surface area (Å²) in [5.41, 5.74) is 0. The zero-order valence-corrected chi connectivity index (χ0v) is 15.7. The van der Waals surface area contributed by atoms with Crippen molar-refractivity contribution in [1.29, 1.82) is 0 Å². The monoisotopic (exact) mass is 322 g/mol. The topological polar surface area (TPSA) is 32.3 Å². The number of carbonyl (C=O) groups excluding carboxylic acids is 1. The number of nitrogens with zero attached hydrogens (tertiary/aromatic N) is 1. The van der Waals surface area contributed by atoms with Gasteiger partial charge in [0.2, 0.25) is 5.91 Å². The first-order chi connectivity index (χ1) is 11.2. The van der Waals surface area contributed by atoms with Gasteiger partial charge in [0.1, 0.15) is 0 Å². The molecule has 1 unspecified atom stereocenters. The molecule has 1 amide bonds. The van der Waals surface area contributed by atoms with Crippen molar-refractivity contribution in [3.05, 3.63) is 12.2 Å². The van der Waals surface area contributed by atoms with E-state index in [1.165, 1.54) is 44.9 Å². The van der Waals surface area contributed by atoms with Crippen LogP contribution in [0.5, 0.6) is 0 Å². The number of nitrogens with one attached hydrogen (secondary N) is 1. The molecule has 0 aromatic carbocycles. The fourth-order valence-corrected chi connectivity index (χ4v) is 3.09. The molecule has 1 saturated carbocycles. The number of carbonyl (C=O) groups is 1. The fraction of sp³-hybridized carbons (Fsp3) is 0.850. The summed E-state index contributed by atoms with van der Waals surface area (Å²) >= 11 is 0. The van der Waals surface area contributed by atoms with E-state index >= 15 is 0 Å². The van der Waals surface area contributed by atoms with Gasteiger partial charge in [-0.05, 0) is 52.0 Å². The minimum atomic E-state index is 0.357. The van der Waals surface area contributed by atoms with Gasteiger partial charge in [0.25, 0.3) is 0 Å². The van der Waals surface area contributed by atoms with Crippen molar-refractivity contribution in [2.75, 3.05) is 20.1 Å². The van der Waals surface area contributed by atoms with Crippen LogP contribution >= 0.6 is 0 Å². The van der Waals surface area contributed by atoms with Crippen LogP contribution in [0.3, 0.4) is 0 Å². The lowest BCUT2D eigenvalue weighted by molar-refractivity contribution is -0.131. The molecular formula is C20H38N2O. The Morgan fingerprint density at radius 1 is 1.13 bits per heavy atom. The van der Waals surface area contributed by atoms with E-state index in [1.807, 2.05) is 11.9 Å². The minimum Gasteiger partial charge on any atom is -0.343 e. The molecule has 1 fully saturated rings. The Kier molecular flexibility index (Phi) is 11.1. The predicted octanol–water partition coefficient (Wildman–Crippen LogP) is 4.53. The molecule has 0 aromatic rings. The van der Waals surface area contributed by atoms with Crippen LogP contribution in [0, 0.1) is 5.92 Å². The zero-order chi connectivity index (χ0) is 16.9. The van der Waals surface area contributed by atoms with Crippen molar-refractivity contribution in [3.8, 4) is 0 Å². The van der Waals surface area contributed by atoms with Crippen LogP contribution < -0.4 is 5.32 Å². The second-order valence-electron chi connectivity index (χ2n) is 6.86. The van der Waals surface area contributed by atoms with Crippen LogP contribution in [-0.4, -0.2) is 37.0 Å². The normalized spacial score (nSPS) is 20.1. The standard InChI is InChI=1S/C20H38N2O/c1-4-6-13-16-22(5-2)20(23)15-12-10-8-7-9-11-14-18-17-19(18)21-3/h11,14,18-19,21H,4-10,12-13,15-17H2,1-3H3/b14-11-/t18-,19?/m1/s1. The lowest BCUT2D eigenvalue weighted by Crippen LogP contribution is -2.31. The van der Waals surface area contributed by atoms with E-state index in [0.29, 0.717) is 5.91 Å². The highest BCUT2D eigenvalue weighted by Gasteiger charge is 2.32. The van der Waals surface area contributed by atoms with Crippen LogP contribution in [0.4, 0.5) is 0 Å².